The molecule has 0 unspecified atom stereocenters. The predicted octanol–water partition coefficient (Wildman–Crippen LogP) is -0.245. The zero-order valence-electron chi connectivity index (χ0n) is 2.58. The van der Waals surface area contributed by atoms with Gasteiger partial charge in [-0.05, 0) is 0 Å². The first kappa shape index (κ1) is 23.1. The molecule has 0 saturated heterocycles. The van der Waals surface area contributed by atoms with E-state index in [-0.39, 0.29) is 67.2 Å². The Morgan fingerprint density at radius 1 is 0.833 bits per heavy atom. The standard InChI is InChI=1S/Cd.2Fe.Gd.2O. The number of rotatable bonds is 0. The molecule has 0 aromatic heterocycles. The molecule has 6 heteroatoms. The third kappa shape index (κ3) is 28.6. The van der Waals surface area contributed by atoms with Crippen LogP contribution in [0.25, 0.3) is 0 Å². The van der Waals surface area contributed by atoms with E-state index in [1.165, 1.54) is 0 Å². The van der Waals surface area contributed by atoms with Gasteiger partial charge in [-0.1, -0.05) is 0 Å². The molecule has 0 aromatic carbocycles. The first-order valence-corrected chi connectivity index (χ1v) is 1.19. The summed E-state index contributed by atoms with van der Waals surface area (Å²) >= 11 is 4.00. The first-order valence-electron chi connectivity index (χ1n) is 0.289. The van der Waals surface area contributed by atoms with Crippen LogP contribution < -0.4 is 0 Å². The molecule has 0 atom stereocenters. The van der Waals surface area contributed by atoms with Gasteiger partial charge in [-0.15, -0.1) is 0 Å². The minimum absolute atomic E-state index is 0. The Hall–Kier alpha value is 2.89. The van der Waals surface area contributed by atoms with Gasteiger partial charge >= 0.3 is 39.6 Å². The fraction of sp³-hybridized carbons (Fsp3) is 0. The van der Waals surface area contributed by atoms with Gasteiger partial charge in [0.2, 0.25) is 0 Å². The first-order chi connectivity index (χ1) is 2.00. The van der Waals surface area contributed by atoms with Crippen LogP contribution in [-0.4, -0.2) is 0 Å². The van der Waals surface area contributed by atoms with E-state index in [0.29, 0.717) is 0 Å². The fourth-order valence-electron chi connectivity index (χ4n) is 0. The molecular weight excluding hydrogens is 413 g/mol. The summed E-state index contributed by atoms with van der Waals surface area (Å²) in [5.41, 5.74) is 0. The Bertz CT molecular complexity index is 13.5. The van der Waals surface area contributed by atoms with Crippen molar-refractivity contribution in [2.45, 2.75) is 0 Å². The monoisotopic (exact) mass is 416 g/mol. The van der Waals surface area contributed by atoms with Gasteiger partial charge in [0.25, 0.3) is 0 Å². The molecule has 2 nitrogen and oxygen atoms in total. The molecule has 0 bridgehead atoms. The second-order valence-electron chi connectivity index (χ2n) is 0. The van der Waals surface area contributed by atoms with Crippen LogP contribution in [0.3, 0.4) is 0 Å². The molecule has 0 radical (unpaired) electrons. The number of hydrogen-bond acceptors (Lipinski definition) is 2. The molecular formula is CdFe2GdO2. The zero-order valence-corrected chi connectivity index (χ0v) is 11.1. The second-order valence-corrected chi connectivity index (χ2v) is 0. The van der Waals surface area contributed by atoms with E-state index >= 15 is 0 Å². The van der Waals surface area contributed by atoms with Gasteiger partial charge in [0, 0.05) is 67.2 Å². The van der Waals surface area contributed by atoms with Crippen molar-refractivity contribution in [2.24, 2.45) is 0 Å². The summed E-state index contributed by atoms with van der Waals surface area (Å²) in [4.78, 5) is 0. The Labute approximate surface area is 104 Å². The summed E-state index contributed by atoms with van der Waals surface area (Å²) in [5, 5.41) is 0. The van der Waals surface area contributed by atoms with Gasteiger partial charge in [-0.25, -0.2) is 0 Å². The van der Waals surface area contributed by atoms with Crippen LogP contribution in [0.15, 0.2) is 0 Å². The van der Waals surface area contributed by atoms with Crippen molar-refractivity contribution in [3.05, 3.63) is 0 Å². The summed E-state index contributed by atoms with van der Waals surface area (Å²) < 4.78 is 16.0. The van der Waals surface area contributed by atoms with E-state index in [9.17, 15) is 0 Å². The third-order valence-electron chi connectivity index (χ3n) is 0. The van der Waals surface area contributed by atoms with Gasteiger partial charge in [-0.3, -0.25) is 0 Å². The van der Waals surface area contributed by atoms with Crippen LogP contribution in [-0.2, 0) is 66.9 Å². The van der Waals surface area contributed by atoms with Crippen LogP contribution in [0.2, 0.25) is 0 Å². The van der Waals surface area contributed by atoms with E-state index in [1.807, 2.05) is 31.9 Å². The topological polar surface area (TPSA) is 34.1 Å². The quantitative estimate of drug-likeness (QED) is 0.514. The molecule has 0 spiro atoms. The Morgan fingerprint density at radius 2 is 0.833 bits per heavy atom. The van der Waals surface area contributed by atoms with Gasteiger partial charge in [-0.2, -0.15) is 0 Å². The second kappa shape index (κ2) is 44.9. The van der Waals surface area contributed by atoms with Crippen molar-refractivity contribution in [3.8, 4) is 0 Å². The summed E-state index contributed by atoms with van der Waals surface area (Å²) in [7, 11) is 0. The maximum atomic E-state index is 8.00. The summed E-state index contributed by atoms with van der Waals surface area (Å²) in [5.74, 6) is 0. The van der Waals surface area contributed by atoms with Crippen molar-refractivity contribution in [2.75, 3.05) is 0 Å². The molecule has 6 heavy (non-hydrogen) atoms. The van der Waals surface area contributed by atoms with Crippen molar-refractivity contribution < 1.29 is 107 Å². The average Bonchev–Trinajstić information content (AvgIpc) is 1.50. The van der Waals surface area contributed by atoms with Crippen molar-refractivity contribution in [1.82, 2.24) is 0 Å². The maximum absolute atomic E-state index is 8.00. The molecule has 38 valence electrons. The van der Waals surface area contributed by atoms with E-state index < -0.39 is 0 Å². The molecule has 0 fully saturated rings. The van der Waals surface area contributed by atoms with Crippen molar-refractivity contribution in [1.29, 1.82) is 0 Å². The fourth-order valence-corrected chi connectivity index (χ4v) is 0. The van der Waals surface area contributed by atoms with E-state index in [4.69, 9.17) is 7.67 Å². The van der Waals surface area contributed by atoms with Gasteiger partial charge in [0.15, 0.2) is 0 Å². The zero-order chi connectivity index (χ0) is 4.00. The molecule has 0 heterocycles. The molecule has 0 aliphatic rings. The predicted molar refractivity (Wildman–Crippen MR) is 1.37 cm³/mol. The minimum atomic E-state index is 0. The normalized spacial score (nSPS) is 1.67. The van der Waals surface area contributed by atoms with E-state index in [2.05, 4.69) is 0 Å². The summed E-state index contributed by atoms with van der Waals surface area (Å²) in [6.45, 7) is 0. The molecule has 0 aliphatic heterocycles. The summed E-state index contributed by atoms with van der Waals surface area (Å²) in [6.07, 6.45) is 0. The van der Waals surface area contributed by atoms with Crippen LogP contribution in [0.5, 0.6) is 0 Å². The Morgan fingerprint density at radius 3 is 0.833 bits per heavy atom. The van der Waals surface area contributed by atoms with E-state index in [1.54, 1.807) is 0 Å². The molecule has 0 saturated carbocycles. The Kier molecular flexibility index (Phi) is 173. The number of hydrogen-bond donors (Lipinski definition) is 0. The van der Waals surface area contributed by atoms with Crippen LogP contribution >= 0.6 is 0 Å². The SMILES string of the molecule is [Cd].[Gd].[O]=[Fe].[O]=[Fe]. The molecule has 0 amide bonds. The average molecular weight is 413 g/mol. The van der Waals surface area contributed by atoms with E-state index in [0.717, 1.165) is 0 Å². The van der Waals surface area contributed by atoms with Crippen LogP contribution in [0, 0.1) is 39.9 Å². The van der Waals surface area contributed by atoms with Gasteiger partial charge < -0.3 is 0 Å². The van der Waals surface area contributed by atoms with Crippen LogP contribution in [0.1, 0.15) is 0 Å². The van der Waals surface area contributed by atoms with Gasteiger partial charge in [0.1, 0.15) is 0 Å². The molecule has 0 aromatic rings. The molecule has 0 aliphatic carbocycles. The Balaban J connectivity index is -0.00000000500. The van der Waals surface area contributed by atoms with Gasteiger partial charge in [0.05, 0.1) is 0 Å². The molecule has 0 N–H and O–H groups in total. The molecule has 0 rings (SSSR count). The summed E-state index contributed by atoms with van der Waals surface area (Å²) in [6, 6.07) is 0. The van der Waals surface area contributed by atoms with Crippen LogP contribution in [0.4, 0.5) is 0 Å². The third-order valence-corrected chi connectivity index (χ3v) is 0. The van der Waals surface area contributed by atoms with Crippen molar-refractivity contribution >= 4 is 0 Å². The van der Waals surface area contributed by atoms with Crippen molar-refractivity contribution in [3.63, 3.8) is 0 Å².